The van der Waals surface area contributed by atoms with Crippen molar-refractivity contribution in [2.24, 2.45) is 5.73 Å². The van der Waals surface area contributed by atoms with E-state index in [1.165, 1.54) is 4.88 Å². The summed E-state index contributed by atoms with van der Waals surface area (Å²) in [5, 5.41) is 5.24. The largest absolute Gasteiger partial charge is 0.324 e. The number of hydrogen-bond donors (Lipinski definition) is 1. The predicted octanol–water partition coefficient (Wildman–Crippen LogP) is 4.88. The van der Waals surface area contributed by atoms with Gasteiger partial charge in [0.15, 0.2) is 0 Å². The van der Waals surface area contributed by atoms with Gasteiger partial charge in [0.2, 0.25) is 0 Å². The van der Waals surface area contributed by atoms with Crippen LogP contribution in [0.4, 0.5) is 0 Å². The summed E-state index contributed by atoms with van der Waals surface area (Å²) >= 11 is 6.85. The van der Waals surface area contributed by atoms with E-state index in [1.54, 1.807) is 22.7 Å². The molecule has 1 atom stereocenters. The van der Waals surface area contributed by atoms with Crippen molar-refractivity contribution in [2.75, 3.05) is 0 Å². The first kappa shape index (κ1) is 13.9. The summed E-state index contributed by atoms with van der Waals surface area (Å²) in [6.07, 6.45) is 0.771. The van der Waals surface area contributed by atoms with Crippen LogP contribution in [0, 0.1) is 0 Å². The number of thiophene rings is 1. The van der Waals surface area contributed by atoms with E-state index in [9.17, 15) is 0 Å². The number of halogens is 1. The summed E-state index contributed by atoms with van der Waals surface area (Å²) in [5.74, 6) is 0. The lowest BCUT2D eigenvalue weighted by atomic mass is 10.0. The van der Waals surface area contributed by atoms with Gasteiger partial charge in [0.05, 0.1) is 10.6 Å². The molecule has 0 spiro atoms. The first-order chi connectivity index (χ1) is 9.72. The van der Waals surface area contributed by atoms with Gasteiger partial charge in [0.25, 0.3) is 0 Å². The number of thiazole rings is 1. The molecule has 0 fully saturated rings. The Kier molecular flexibility index (Phi) is 4.31. The number of rotatable bonds is 4. The van der Waals surface area contributed by atoms with Gasteiger partial charge >= 0.3 is 0 Å². The van der Waals surface area contributed by atoms with Crippen molar-refractivity contribution in [1.29, 1.82) is 0 Å². The molecule has 0 saturated heterocycles. The quantitative estimate of drug-likeness (QED) is 0.716. The van der Waals surface area contributed by atoms with Gasteiger partial charge in [0, 0.05) is 27.7 Å². The topological polar surface area (TPSA) is 38.9 Å². The lowest BCUT2D eigenvalue weighted by molar-refractivity contribution is 0.710. The smallest absolute Gasteiger partial charge is 0.133 e. The minimum atomic E-state index is 0.00113. The lowest BCUT2D eigenvalue weighted by Crippen LogP contribution is -2.13. The Morgan fingerprint density at radius 3 is 2.65 bits per heavy atom. The second-order valence-electron chi connectivity index (χ2n) is 4.49. The van der Waals surface area contributed by atoms with Gasteiger partial charge in [-0.1, -0.05) is 30.3 Å². The zero-order valence-electron chi connectivity index (χ0n) is 10.6. The van der Waals surface area contributed by atoms with E-state index in [2.05, 4.69) is 49.9 Å². The molecule has 2 heterocycles. The van der Waals surface area contributed by atoms with Crippen molar-refractivity contribution < 1.29 is 0 Å². The Morgan fingerprint density at radius 1 is 1.15 bits per heavy atom. The van der Waals surface area contributed by atoms with Crippen LogP contribution in [0.3, 0.4) is 0 Å². The van der Waals surface area contributed by atoms with Crippen molar-refractivity contribution >= 4 is 38.6 Å². The van der Waals surface area contributed by atoms with E-state index in [0.29, 0.717) is 0 Å². The molecule has 1 aromatic carbocycles. The van der Waals surface area contributed by atoms with Crippen molar-refractivity contribution in [3.63, 3.8) is 0 Å². The highest BCUT2D eigenvalue weighted by Gasteiger charge is 2.11. The Morgan fingerprint density at radius 2 is 1.95 bits per heavy atom. The molecular formula is C15H13BrN2S2. The fraction of sp³-hybridized carbons (Fsp3) is 0.133. The number of hydrogen-bond acceptors (Lipinski definition) is 4. The van der Waals surface area contributed by atoms with Crippen LogP contribution in [0.5, 0.6) is 0 Å². The van der Waals surface area contributed by atoms with Crippen LogP contribution in [0.2, 0.25) is 0 Å². The van der Waals surface area contributed by atoms with Crippen LogP contribution < -0.4 is 5.73 Å². The molecule has 0 radical (unpaired) electrons. The van der Waals surface area contributed by atoms with Crippen molar-refractivity contribution in [3.05, 3.63) is 62.9 Å². The van der Waals surface area contributed by atoms with E-state index in [-0.39, 0.29) is 6.04 Å². The molecule has 102 valence electrons. The van der Waals surface area contributed by atoms with Gasteiger partial charge in [-0.25, -0.2) is 4.98 Å². The van der Waals surface area contributed by atoms with Crippen molar-refractivity contribution in [3.8, 4) is 9.88 Å². The van der Waals surface area contributed by atoms with Crippen LogP contribution in [0.25, 0.3) is 9.88 Å². The molecule has 0 saturated carbocycles. The summed E-state index contributed by atoms with van der Waals surface area (Å²) in [4.78, 5) is 5.88. The summed E-state index contributed by atoms with van der Waals surface area (Å²) in [6, 6.07) is 12.3. The van der Waals surface area contributed by atoms with E-state index in [1.807, 2.05) is 18.2 Å². The van der Waals surface area contributed by atoms with Crippen LogP contribution >= 0.6 is 38.6 Å². The first-order valence-electron chi connectivity index (χ1n) is 6.22. The van der Waals surface area contributed by atoms with Crippen LogP contribution in [0.15, 0.2) is 51.6 Å². The molecule has 0 aliphatic carbocycles. The van der Waals surface area contributed by atoms with Gasteiger partial charge in [0.1, 0.15) is 5.01 Å². The summed E-state index contributed by atoms with van der Waals surface area (Å²) in [7, 11) is 0. The zero-order valence-corrected chi connectivity index (χ0v) is 13.8. The first-order valence-corrected chi connectivity index (χ1v) is 8.77. The van der Waals surface area contributed by atoms with E-state index >= 15 is 0 Å². The molecule has 2 nitrogen and oxygen atoms in total. The minimum Gasteiger partial charge on any atom is -0.324 e. The van der Waals surface area contributed by atoms with E-state index in [0.717, 1.165) is 27.2 Å². The average Bonchev–Trinajstić information content (AvgIpc) is 3.09. The summed E-state index contributed by atoms with van der Waals surface area (Å²) < 4.78 is 1.11. The van der Waals surface area contributed by atoms with Gasteiger partial charge in [-0.3, -0.25) is 0 Å². The fourth-order valence-electron chi connectivity index (χ4n) is 1.98. The van der Waals surface area contributed by atoms with Crippen molar-refractivity contribution in [2.45, 2.75) is 12.5 Å². The molecular weight excluding hydrogens is 352 g/mol. The monoisotopic (exact) mass is 364 g/mol. The molecule has 0 amide bonds. The molecule has 2 N–H and O–H groups in total. The van der Waals surface area contributed by atoms with Crippen LogP contribution in [-0.4, -0.2) is 4.98 Å². The minimum absolute atomic E-state index is 0.00113. The van der Waals surface area contributed by atoms with Crippen LogP contribution in [-0.2, 0) is 6.42 Å². The second kappa shape index (κ2) is 6.18. The molecule has 2 aromatic heterocycles. The molecule has 1 unspecified atom stereocenters. The lowest BCUT2D eigenvalue weighted by Gasteiger charge is -2.09. The van der Waals surface area contributed by atoms with E-state index in [4.69, 9.17) is 5.73 Å². The maximum absolute atomic E-state index is 6.24. The second-order valence-corrected chi connectivity index (χ2v) is 7.18. The highest BCUT2D eigenvalue weighted by molar-refractivity contribution is 9.10. The molecule has 20 heavy (non-hydrogen) atoms. The third kappa shape index (κ3) is 3.17. The Balaban J connectivity index is 1.74. The summed E-state index contributed by atoms with van der Waals surface area (Å²) in [5.41, 5.74) is 8.45. The van der Waals surface area contributed by atoms with E-state index < -0.39 is 0 Å². The summed E-state index contributed by atoms with van der Waals surface area (Å²) in [6.45, 7) is 0. The normalized spacial score (nSPS) is 12.5. The zero-order chi connectivity index (χ0) is 13.9. The molecule has 5 heteroatoms. The molecule has 3 aromatic rings. The third-order valence-electron chi connectivity index (χ3n) is 2.99. The third-order valence-corrected chi connectivity index (χ3v) is 5.74. The molecule has 0 aliphatic heterocycles. The van der Waals surface area contributed by atoms with Gasteiger partial charge < -0.3 is 5.73 Å². The predicted molar refractivity (Wildman–Crippen MR) is 90.2 cm³/mol. The molecule has 3 rings (SSSR count). The maximum atomic E-state index is 6.24. The van der Waals surface area contributed by atoms with Gasteiger partial charge in [-0.05, 0) is 27.6 Å². The average molecular weight is 365 g/mol. The Hall–Kier alpha value is -1.01. The standard InChI is InChI=1S/C15H13BrN2S2/c16-11-6-14(19-8-11)15-18-12(9-20-15)7-13(17)10-4-2-1-3-5-10/h1-6,8-9,13H,7,17H2. The Bertz CT molecular complexity index is 691. The highest BCUT2D eigenvalue weighted by atomic mass is 79.9. The van der Waals surface area contributed by atoms with Gasteiger partial charge in [-0.2, -0.15) is 0 Å². The number of nitrogens with zero attached hydrogens (tertiary/aromatic N) is 1. The van der Waals surface area contributed by atoms with Gasteiger partial charge in [-0.15, -0.1) is 22.7 Å². The molecule has 0 aliphatic rings. The number of benzene rings is 1. The molecule has 0 bridgehead atoms. The van der Waals surface area contributed by atoms with Crippen molar-refractivity contribution in [1.82, 2.24) is 4.98 Å². The highest BCUT2D eigenvalue weighted by Crippen LogP contribution is 2.32. The number of aromatic nitrogens is 1. The fourth-order valence-corrected chi connectivity index (χ4v) is 4.32. The SMILES string of the molecule is NC(Cc1csc(-c2cc(Br)cs2)n1)c1ccccc1. The maximum Gasteiger partial charge on any atom is 0.133 e. The Labute approximate surface area is 134 Å². The van der Waals surface area contributed by atoms with Crippen LogP contribution in [0.1, 0.15) is 17.3 Å². The number of nitrogens with two attached hydrogens (primary N) is 1.